The quantitative estimate of drug-likeness (QED) is 0.724. The lowest BCUT2D eigenvalue weighted by atomic mass is 10.4. The maximum Gasteiger partial charge on any atom is 0.223 e. The molecule has 1 saturated heterocycles. The molecule has 5 heteroatoms. The second-order valence-corrected chi connectivity index (χ2v) is 5.80. The van der Waals surface area contributed by atoms with E-state index in [1.165, 1.54) is 0 Å². The van der Waals surface area contributed by atoms with E-state index >= 15 is 0 Å². The molecule has 0 spiro atoms. The molecule has 0 saturated carbocycles. The summed E-state index contributed by atoms with van der Waals surface area (Å²) in [7, 11) is 0. The van der Waals surface area contributed by atoms with E-state index in [1.807, 2.05) is 4.90 Å². The number of nitrogens with zero attached hydrogens (tertiary/aromatic N) is 2. The third kappa shape index (κ3) is 3.35. The molecule has 1 rings (SSSR count). The van der Waals surface area contributed by atoms with E-state index in [-0.39, 0.29) is 11.3 Å². The highest BCUT2D eigenvalue weighted by molar-refractivity contribution is 8.23. The Morgan fingerprint density at radius 3 is 2.62 bits per heavy atom. The monoisotopic (exact) mass is 260 g/mol. The van der Waals surface area contributed by atoms with E-state index in [2.05, 4.69) is 25.7 Å². The van der Waals surface area contributed by atoms with Crippen LogP contribution in [0.2, 0.25) is 0 Å². The number of carbonyl (C=O) groups is 1. The van der Waals surface area contributed by atoms with E-state index in [4.69, 9.17) is 12.2 Å². The molecule has 1 unspecified atom stereocenters. The van der Waals surface area contributed by atoms with Crippen molar-refractivity contribution in [2.75, 3.05) is 19.6 Å². The second kappa shape index (κ2) is 6.45. The van der Waals surface area contributed by atoms with E-state index in [0.29, 0.717) is 6.42 Å². The second-order valence-electron chi connectivity index (χ2n) is 3.85. The van der Waals surface area contributed by atoms with Crippen LogP contribution in [0.4, 0.5) is 0 Å². The van der Waals surface area contributed by atoms with Gasteiger partial charge in [0.2, 0.25) is 5.91 Å². The highest BCUT2D eigenvalue weighted by atomic mass is 32.2. The molecule has 0 aromatic rings. The smallest absolute Gasteiger partial charge is 0.223 e. The Labute approximate surface area is 108 Å². The maximum atomic E-state index is 11.6. The van der Waals surface area contributed by atoms with E-state index in [1.54, 1.807) is 11.8 Å². The van der Waals surface area contributed by atoms with Gasteiger partial charge in [-0.2, -0.15) is 0 Å². The van der Waals surface area contributed by atoms with Gasteiger partial charge in [-0.1, -0.05) is 24.0 Å². The molecule has 1 heterocycles. The minimum absolute atomic E-state index is 0.170. The van der Waals surface area contributed by atoms with Gasteiger partial charge in [-0.3, -0.25) is 4.79 Å². The van der Waals surface area contributed by atoms with Crippen molar-refractivity contribution in [3.63, 3.8) is 0 Å². The Morgan fingerprint density at radius 1 is 1.56 bits per heavy atom. The van der Waals surface area contributed by atoms with E-state index < -0.39 is 0 Å². The number of hydrogen-bond acceptors (Lipinski definition) is 3. The summed E-state index contributed by atoms with van der Waals surface area (Å²) >= 11 is 7.00. The van der Waals surface area contributed by atoms with Gasteiger partial charge in [0.1, 0.15) is 4.32 Å². The van der Waals surface area contributed by atoms with Gasteiger partial charge in [0.15, 0.2) is 0 Å². The van der Waals surface area contributed by atoms with E-state index in [9.17, 15) is 4.79 Å². The molecule has 1 aliphatic heterocycles. The van der Waals surface area contributed by atoms with Crippen molar-refractivity contribution in [1.82, 2.24) is 9.80 Å². The summed E-state index contributed by atoms with van der Waals surface area (Å²) in [5, 5.41) is 0.170. The fourth-order valence-corrected chi connectivity index (χ4v) is 3.54. The Balaban J connectivity index is 2.47. The zero-order valence-electron chi connectivity index (χ0n) is 10.2. The largest absolute Gasteiger partial charge is 0.358 e. The summed E-state index contributed by atoms with van der Waals surface area (Å²) in [6.07, 6.45) is 1.69. The van der Waals surface area contributed by atoms with Gasteiger partial charge in [0.25, 0.3) is 0 Å². The third-order valence-electron chi connectivity index (χ3n) is 2.84. The molecule has 0 aromatic heterocycles. The Morgan fingerprint density at radius 2 is 2.19 bits per heavy atom. The summed E-state index contributed by atoms with van der Waals surface area (Å²) < 4.78 is 0.900. The number of thioether (sulfide) groups is 1. The van der Waals surface area contributed by atoms with Crippen LogP contribution in [0, 0.1) is 0 Å². The molecule has 0 bridgehead atoms. The van der Waals surface area contributed by atoms with E-state index in [0.717, 1.165) is 30.4 Å². The summed E-state index contributed by atoms with van der Waals surface area (Å²) in [5.41, 5.74) is 0. The van der Waals surface area contributed by atoms with Gasteiger partial charge < -0.3 is 9.80 Å². The minimum atomic E-state index is 0.170. The lowest BCUT2D eigenvalue weighted by Gasteiger charge is -2.28. The number of hydrogen-bond donors (Lipinski definition) is 0. The Bertz CT molecular complexity index is 267. The topological polar surface area (TPSA) is 23.6 Å². The molecule has 0 radical (unpaired) electrons. The molecule has 3 nitrogen and oxygen atoms in total. The normalized spacial score (nSPS) is 17.7. The van der Waals surface area contributed by atoms with Gasteiger partial charge in [0, 0.05) is 26.1 Å². The van der Waals surface area contributed by atoms with Crippen molar-refractivity contribution >= 4 is 34.2 Å². The predicted octanol–water partition coefficient (Wildman–Crippen LogP) is 2.31. The fraction of sp³-hybridized carbons (Fsp3) is 0.818. The van der Waals surface area contributed by atoms with Crippen LogP contribution in [0.1, 0.15) is 33.6 Å². The van der Waals surface area contributed by atoms with Crippen LogP contribution in [0.5, 0.6) is 0 Å². The first-order valence-electron chi connectivity index (χ1n) is 5.85. The van der Waals surface area contributed by atoms with Crippen LogP contribution in [0.15, 0.2) is 0 Å². The van der Waals surface area contributed by atoms with Gasteiger partial charge in [-0.25, -0.2) is 0 Å². The molecule has 1 atom stereocenters. The zero-order valence-corrected chi connectivity index (χ0v) is 11.9. The molecule has 1 amide bonds. The minimum Gasteiger partial charge on any atom is -0.358 e. The highest BCUT2D eigenvalue weighted by Crippen LogP contribution is 2.23. The number of carbonyl (C=O) groups excluding carboxylic acids is 1. The zero-order chi connectivity index (χ0) is 12.1. The summed E-state index contributed by atoms with van der Waals surface area (Å²) in [4.78, 5) is 15.6. The van der Waals surface area contributed by atoms with Gasteiger partial charge >= 0.3 is 0 Å². The lowest BCUT2D eigenvalue weighted by molar-refractivity contribution is -0.128. The first kappa shape index (κ1) is 13.8. The maximum absolute atomic E-state index is 11.6. The molecule has 1 fully saturated rings. The van der Waals surface area contributed by atoms with Crippen LogP contribution < -0.4 is 0 Å². The average Bonchev–Trinajstić information content (AvgIpc) is 2.66. The van der Waals surface area contributed by atoms with Crippen LogP contribution in [0.3, 0.4) is 0 Å². The molecule has 1 aliphatic rings. The van der Waals surface area contributed by atoms with Gasteiger partial charge in [0.05, 0.1) is 5.37 Å². The van der Waals surface area contributed by atoms with Crippen molar-refractivity contribution < 1.29 is 4.79 Å². The molecule has 0 aromatic carbocycles. The van der Waals surface area contributed by atoms with Crippen LogP contribution in [-0.4, -0.2) is 45.0 Å². The number of rotatable bonds is 4. The predicted molar refractivity (Wildman–Crippen MR) is 73.5 cm³/mol. The Kier molecular flexibility index (Phi) is 5.55. The number of thiocarbonyl (C=S) groups is 1. The summed E-state index contributed by atoms with van der Waals surface area (Å²) in [6.45, 7) is 9.01. The molecular formula is C11H20N2OS2. The standard InChI is InChI=1S/C11H20N2OS2/c1-4-12(5-2)11(15)16-9(3)13-8-6-7-10(13)14/h9H,4-8H2,1-3H3. The van der Waals surface area contributed by atoms with Crippen LogP contribution in [-0.2, 0) is 4.79 Å². The van der Waals surface area contributed by atoms with Crippen molar-refractivity contribution in [2.45, 2.75) is 39.0 Å². The van der Waals surface area contributed by atoms with Crippen LogP contribution >= 0.6 is 24.0 Å². The Hall–Kier alpha value is -0.290. The average molecular weight is 260 g/mol. The molecular weight excluding hydrogens is 240 g/mol. The number of likely N-dealkylation sites (tertiary alicyclic amines) is 1. The van der Waals surface area contributed by atoms with Crippen molar-refractivity contribution in [3.8, 4) is 0 Å². The molecule has 0 aliphatic carbocycles. The highest BCUT2D eigenvalue weighted by Gasteiger charge is 2.26. The lowest BCUT2D eigenvalue weighted by Crippen LogP contribution is -2.35. The third-order valence-corrected chi connectivity index (χ3v) is 4.44. The number of amides is 1. The molecule has 92 valence electrons. The van der Waals surface area contributed by atoms with Crippen molar-refractivity contribution in [1.29, 1.82) is 0 Å². The molecule has 0 N–H and O–H groups in total. The summed E-state index contributed by atoms with van der Waals surface area (Å²) in [6, 6.07) is 0. The summed E-state index contributed by atoms with van der Waals surface area (Å²) in [5.74, 6) is 0.266. The van der Waals surface area contributed by atoms with Gasteiger partial charge in [-0.05, 0) is 27.2 Å². The first-order valence-corrected chi connectivity index (χ1v) is 7.14. The van der Waals surface area contributed by atoms with Crippen LogP contribution in [0.25, 0.3) is 0 Å². The first-order chi connectivity index (χ1) is 7.60. The van der Waals surface area contributed by atoms with Crippen molar-refractivity contribution in [3.05, 3.63) is 0 Å². The SMILES string of the molecule is CCN(CC)C(=S)SC(C)N1CCCC1=O. The van der Waals surface area contributed by atoms with Crippen molar-refractivity contribution in [2.24, 2.45) is 0 Å². The fourth-order valence-electron chi connectivity index (χ4n) is 1.82. The van der Waals surface area contributed by atoms with Gasteiger partial charge in [-0.15, -0.1) is 0 Å². The molecule has 16 heavy (non-hydrogen) atoms.